The van der Waals surface area contributed by atoms with Gasteiger partial charge in [0.2, 0.25) is 0 Å². The Labute approximate surface area is 90.3 Å². The molecule has 1 unspecified atom stereocenters. The molecule has 1 heterocycles. The van der Waals surface area contributed by atoms with Crippen molar-refractivity contribution in [2.75, 3.05) is 13.1 Å². The minimum atomic E-state index is -0.0727. The fourth-order valence-electron chi connectivity index (χ4n) is 1.74. The maximum atomic E-state index is 11.3. The van der Waals surface area contributed by atoms with Crippen molar-refractivity contribution in [3.63, 3.8) is 0 Å². The van der Waals surface area contributed by atoms with Gasteiger partial charge in [0.15, 0.2) is 0 Å². The fourth-order valence-corrected chi connectivity index (χ4v) is 1.74. The van der Waals surface area contributed by atoms with Crippen molar-refractivity contribution >= 4 is 0 Å². The first kappa shape index (κ1) is 11.9. The van der Waals surface area contributed by atoms with Gasteiger partial charge in [0, 0.05) is 11.8 Å². The molecule has 0 aromatic carbocycles. The van der Waals surface area contributed by atoms with E-state index in [1.165, 1.54) is 6.07 Å². The highest BCUT2D eigenvalue weighted by atomic mass is 16.1. The van der Waals surface area contributed by atoms with Crippen molar-refractivity contribution in [1.29, 1.82) is 0 Å². The molecule has 1 aromatic rings. The van der Waals surface area contributed by atoms with E-state index in [0.29, 0.717) is 0 Å². The van der Waals surface area contributed by atoms with Crippen LogP contribution in [0.4, 0.5) is 0 Å². The van der Waals surface area contributed by atoms with Crippen LogP contribution in [0.5, 0.6) is 0 Å². The minimum Gasteiger partial charge on any atom is -0.309 e. The Kier molecular flexibility index (Phi) is 4.03. The molecule has 0 aliphatic rings. The minimum absolute atomic E-state index is 0.0727. The largest absolute Gasteiger partial charge is 0.309 e. The molecule has 0 bridgehead atoms. The molecule has 0 aliphatic heterocycles. The van der Waals surface area contributed by atoms with E-state index in [9.17, 15) is 4.79 Å². The van der Waals surface area contributed by atoms with E-state index in [4.69, 9.17) is 0 Å². The van der Waals surface area contributed by atoms with Gasteiger partial charge >= 0.3 is 0 Å². The highest BCUT2D eigenvalue weighted by Crippen LogP contribution is 2.14. The molecule has 1 N–H and O–H groups in total. The van der Waals surface area contributed by atoms with Crippen LogP contribution in [0.1, 0.15) is 38.3 Å². The SMILES string of the molecule is CCN(CC)C(C)c1nc(C)cc(=O)[nH]1. The number of nitrogens with zero attached hydrogens (tertiary/aromatic N) is 2. The monoisotopic (exact) mass is 209 g/mol. The van der Waals surface area contributed by atoms with E-state index in [-0.39, 0.29) is 11.6 Å². The topological polar surface area (TPSA) is 49.0 Å². The first-order valence-electron chi connectivity index (χ1n) is 5.40. The van der Waals surface area contributed by atoms with Gasteiger partial charge in [-0.25, -0.2) is 4.98 Å². The summed E-state index contributed by atoms with van der Waals surface area (Å²) in [5, 5.41) is 0. The lowest BCUT2D eigenvalue weighted by Crippen LogP contribution is -2.29. The van der Waals surface area contributed by atoms with Gasteiger partial charge in [0.05, 0.1) is 6.04 Å². The highest BCUT2D eigenvalue weighted by Gasteiger charge is 2.14. The van der Waals surface area contributed by atoms with Crippen LogP contribution in [0.3, 0.4) is 0 Å². The van der Waals surface area contributed by atoms with Crippen molar-refractivity contribution < 1.29 is 0 Å². The van der Waals surface area contributed by atoms with Crippen molar-refractivity contribution in [1.82, 2.24) is 14.9 Å². The zero-order chi connectivity index (χ0) is 11.4. The lowest BCUT2D eigenvalue weighted by atomic mass is 10.2. The standard InChI is InChI=1S/C11H19N3O/c1-5-14(6-2)9(4)11-12-8(3)7-10(15)13-11/h7,9H,5-6H2,1-4H3,(H,12,13,15). The first-order valence-corrected chi connectivity index (χ1v) is 5.40. The molecule has 0 saturated heterocycles. The number of aromatic nitrogens is 2. The third-order valence-electron chi connectivity index (χ3n) is 2.64. The van der Waals surface area contributed by atoms with Crippen LogP contribution in [0.2, 0.25) is 0 Å². The normalized spacial score (nSPS) is 13.1. The predicted octanol–water partition coefficient (Wildman–Crippen LogP) is 1.48. The number of rotatable bonds is 4. The summed E-state index contributed by atoms with van der Waals surface area (Å²) in [6.07, 6.45) is 0. The van der Waals surface area contributed by atoms with Crippen LogP contribution < -0.4 is 5.56 Å². The molecule has 0 spiro atoms. The molecule has 84 valence electrons. The molecule has 15 heavy (non-hydrogen) atoms. The fraction of sp³-hybridized carbons (Fsp3) is 0.636. The molecule has 4 heteroatoms. The van der Waals surface area contributed by atoms with E-state index in [2.05, 4.69) is 35.6 Å². The summed E-state index contributed by atoms with van der Waals surface area (Å²) in [4.78, 5) is 20.7. The van der Waals surface area contributed by atoms with Crippen LogP contribution in [-0.2, 0) is 0 Å². The zero-order valence-corrected chi connectivity index (χ0v) is 9.87. The third-order valence-corrected chi connectivity index (χ3v) is 2.64. The molecule has 0 fully saturated rings. The summed E-state index contributed by atoms with van der Waals surface area (Å²) in [7, 11) is 0. The van der Waals surface area contributed by atoms with E-state index >= 15 is 0 Å². The van der Waals surface area contributed by atoms with Crippen LogP contribution in [0, 0.1) is 6.92 Å². The summed E-state index contributed by atoms with van der Waals surface area (Å²) in [6, 6.07) is 1.67. The summed E-state index contributed by atoms with van der Waals surface area (Å²) >= 11 is 0. The van der Waals surface area contributed by atoms with Gasteiger partial charge in [0.25, 0.3) is 5.56 Å². The van der Waals surface area contributed by atoms with Crippen molar-refractivity contribution in [2.45, 2.75) is 33.7 Å². The first-order chi connectivity index (χ1) is 7.08. The molecule has 0 saturated carbocycles. The molecule has 1 rings (SSSR count). The van der Waals surface area contributed by atoms with Crippen molar-refractivity contribution in [3.05, 3.63) is 27.9 Å². The molecule has 0 radical (unpaired) electrons. The van der Waals surface area contributed by atoms with Gasteiger partial charge < -0.3 is 4.98 Å². The highest BCUT2D eigenvalue weighted by molar-refractivity contribution is 5.03. The Bertz CT molecular complexity index is 368. The number of H-pyrrole nitrogens is 1. The number of hydrogen-bond acceptors (Lipinski definition) is 3. The Morgan fingerprint density at radius 3 is 2.53 bits per heavy atom. The molecular formula is C11H19N3O. The Morgan fingerprint density at radius 2 is 2.07 bits per heavy atom. The molecule has 0 aliphatic carbocycles. The number of aryl methyl sites for hydroxylation is 1. The summed E-state index contributed by atoms with van der Waals surface area (Å²) in [5.74, 6) is 0.753. The van der Waals surface area contributed by atoms with Gasteiger partial charge in [-0.05, 0) is 26.9 Å². The number of aromatic amines is 1. The summed E-state index contributed by atoms with van der Waals surface area (Å²) in [5.41, 5.74) is 0.698. The van der Waals surface area contributed by atoms with Crippen LogP contribution in [0.15, 0.2) is 10.9 Å². The second kappa shape index (κ2) is 5.07. The third kappa shape index (κ3) is 2.89. The van der Waals surface area contributed by atoms with Crippen LogP contribution >= 0.6 is 0 Å². The zero-order valence-electron chi connectivity index (χ0n) is 9.87. The van der Waals surface area contributed by atoms with Gasteiger partial charge in [-0.15, -0.1) is 0 Å². The van der Waals surface area contributed by atoms with Gasteiger partial charge in [-0.3, -0.25) is 9.69 Å². The predicted molar refractivity (Wildman–Crippen MR) is 60.9 cm³/mol. The van der Waals surface area contributed by atoms with Crippen molar-refractivity contribution in [3.8, 4) is 0 Å². The van der Waals surface area contributed by atoms with Gasteiger partial charge in [-0.1, -0.05) is 13.8 Å². The maximum Gasteiger partial charge on any atom is 0.251 e. The lowest BCUT2D eigenvalue weighted by Gasteiger charge is -2.25. The summed E-state index contributed by atoms with van der Waals surface area (Å²) in [6.45, 7) is 10.0. The average Bonchev–Trinajstić information content (AvgIpc) is 2.18. The molecular weight excluding hydrogens is 190 g/mol. The molecule has 1 atom stereocenters. The molecule has 1 aromatic heterocycles. The van der Waals surface area contributed by atoms with Crippen LogP contribution in [0.25, 0.3) is 0 Å². The summed E-state index contributed by atoms with van der Waals surface area (Å²) < 4.78 is 0. The Hall–Kier alpha value is -1.16. The maximum absolute atomic E-state index is 11.3. The van der Waals surface area contributed by atoms with Crippen LogP contribution in [-0.4, -0.2) is 28.0 Å². The molecule has 0 amide bonds. The molecule has 4 nitrogen and oxygen atoms in total. The number of hydrogen-bond donors (Lipinski definition) is 1. The quantitative estimate of drug-likeness (QED) is 0.817. The van der Waals surface area contributed by atoms with E-state index in [0.717, 1.165) is 24.6 Å². The van der Waals surface area contributed by atoms with Crippen molar-refractivity contribution in [2.24, 2.45) is 0 Å². The number of nitrogens with one attached hydrogen (secondary N) is 1. The Morgan fingerprint density at radius 1 is 1.47 bits per heavy atom. The van der Waals surface area contributed by atoms with E-state index in [1.54, 1.807) is 0 Å². The smallest absolute Gasteiger partial charge is 0.251 e. The van der Waals surface area contributed by atoms with Gasteiger partial charge in [-0.2, -0.15) is 0 Å². The average molecular weight is 209 g/mol. The lowest BCUT2D eigenvalue weighted by molar-refractivity contribution is 0.225. The Balaban J connectivity index is 2.99. The van der Waals surface area contributed by atoms with E-state index < -0.39 is 0 Å². The second-order valence-corrected chi connectivity index (χ2v) is 3.67. The van der Waals surface area contributed by atoms with E-state index in [1.807, 2.05) is 6.92 Å². The van der Waals surface area contributed by atoms with Gasteiger partial charge in [0.1, 0.15) is 5.82 Å². The second-order valence-electron chi connectivity index (χ2n) is 3.67.